The van der Waals surface area contributed by atoms with Crippen molar-refractivity contribution < 1.29 is 9.90 Å². The molecule has 19 heavy (non-hydrogen) atoms. The lowest BCUT2D eigenvalue weighted by Gasteiger charge is -2.18. The molecule has 0 radical (unpaired) electrons. The van der Waals surface area contributed by atoms with E-state index in [1.54, 1.807) is 6.07 Å². The minimum atomic E-state index is -0.108. The van der Waals surface area contributed by atoms with Crippen LogP contribution < -0.4 is 5.32 Å². The number of hydrogen-bond donors (Lipinski definition) is 2. The van der Waals surface area contributed by atoms with E-state index < -0.39 is 0 Å². The summed E-state index contributed by atoms with van der Waals surface area (Å²) in [5.41, 5.74) is 1.33. The van der Waals surface area contributed by atoms with Crippen LogP contribution in [0.25, 0.3) is 0 Å². The molecule has 0 aliphatic carbocycles. The highest BCUT2D eigenvalue weighted by Crippen LogP contribution is 2.12. The summed E-state index contributed by atoms with van der Waals surface area (Å²) in [6.07, 6.45) is 0.415. The highest BCUT2D eigenvalue weighted by Gasteiger charge is 2.14. The predicted molar refractivity (Wildman–Crippen MR) is 76.8 cm³/mol. The number of hydrogen-bond acceptors (Lipinski definition) is 2. The molecule has 102 valence electrons. The average Bonchev–Trinajstić information content (AvgIpc) is 2.36. The van der Waals surface area contributed by atoms with E-state index in [1.807, 2.05) is 18.2 Å². The SMILES string of the molecule is CC(C)(C)CNC(=O)c1ccccc1C#CCCO. The molecule has 1 rings (SSSR count). The Morgan fingerprint density at radius 2 is 2.00 bits per heavy atom. The molecule has 1 aromatic rings. The number of rotatable bonds is 3. The Labute approximate surface area is 115 Å². The summed E-state index contributed by atoms with van der Waals surface area (Å²) in [6, 6.07) is 7.25. The number of nitrogens with one attached hydrogen (secondary N) is 1. The molecule has 3 heteroatoms. The van der Waals surface area contributed by atoms with Gasteiger partial charge in [0.2, 0.25) is 0 Å². The molecule has 0 aliphatic heterocycles. The summed E-state index contributed by atoms with van der Waals surface area (Å²) >= 11 is 0. The summed E-state index contributed by atoms with van der Waals surface area (Å²) < 4.78 is 0. The summed E-state index contributed by atoms with van der Waals surface area (Å²) in [6.45, 7) is 6.86. The third-order valence-corrected chi connectivity index (χ3v) is 2.41. The number of aliphatic hydroxyl groups is 1. The van der Waals surface area contributed by atoms with Gasteiger partial charge >= 0.3 is 0 Å². The van der Waals surface area contributed by atoms with Crippen LogP contribution in [0.15, 0.2) is 24.3 Å². The van der Waals surface area contributed by atoms with Crippen LogP contribution in [0.5, 0.6) is 0 Å². The standard InChI is InChI=1S/C16H21NO2/c1-16(2,3)12-17-15(19)14-10-5-4-8-13(14)9-6-7-11-18/h4-5,8,10,18H,7,11-12H2,1-3H3,(H,17,19). The van der Waals surface area contributed by atoms with Crippen molar-refractivity contribution in [3.05, 3.63) is 35.4 Å². The second-order valence-electron chi connectivity index (χ2n) is 5.56. The molecule has 0 saturated carbocycles. The maximum Gasteiger partial charge on any atom is 0.252 e. The van der Waals surface area contributed by atoms with Crippen molar-refractivity contribution in [3.63, 3.8) is 0 Å². The lowest BCUT2D eigenvalue weighted by Crippen LogP contribution is -2.32. The van der Waals surface area contributed by atoms with Crippen molar-refractivity contribution >= 4 is 5.91 Å². The molecule has 0 fully saturated rings. The van der Waals surface area contributed by atoms with Gasteiger partial charge < -0.3 is 10.4 Å². The van der Waals surface area contributed by atoms with E-state index in [-0.39, 0.29) is 17.9 Å². The molecule has 1 amide bonds. The lowest BCUT2D eigenvalue weighted by molar-refractivity contribution is 0.0939. The maximum atomic E-state index is 12.1. The van der Waals surface area contributed by atoms with E-state index in [9.17, 15) is 4.79 Å². The quantitative estimate of drug-likeness (QED) is 0.818. The van der Waals surface area contributed by atoms with Crippen molar-refractivity contribution in [1.82, 2.24) is 5.32 Å². The first-order valence-electron chi connectivity index (χ1n) is 6.41. The molecule has 0 bridgehead atoms. The first-order chi connectivity index (χ1) is 8.94. The average molecular weight is 259 g/mol. The Balaban J connectivity index is 2.83. The highest BCUT2D eigenvalue weighted by molar-refractivity contribution is 5.96. The van der Waals surface area contributed by atoms with Gasteiger partial charge in [-0.3, -0.25) is 4.79 Å². The molecule has 3 nitrogen and oxygen atoms in total. The third kappa shape index (κ3) is 5.58. The van der Waals surface area contributed by atoms with Gasteiger partial charge in [0.05, 0.1) is 12.2 Å². The highest BCUT2D eigenvalue weighted by atomic mass is 16.2. The van der Waals surface area contributed by atoms with Gasteiger partial charge in [0.15, 0.2) is 0 Å². The molecular formula is C16H21NO2. The fourth-order valence-electron chi connectivity index (χ4n) is 1.44. The summed E-state index contributed by atoms with van der Waals surface area (Å²) in [5, 5.41) is 11.6. The number of aliphatic hydroxyl groups excluding tert-OH is 1. The molecule has 2 N–H and O–H groups in total. The molecule has 0 aromatic heterocycles. The minimum Gasteiger partial charge on any atom is -0.395 e. The molecule has 1 aromatic carbocycles. The van der Waals surface area contributed by atoms with Crippen LogP contribution in [-0.4, -0.2) is 24.2 Å². The Morgan fingerprint density at radius 1 is 1.32 bits per heavy atom. The normalized spacial score (nSPS) is 10.5. The Bertz CT molecular complexity index is 489. The second-order valence-corrected chi connectivity index (χ2v) is 5.56. The van der Waals surface area contributed by atoms with Crippen LogP contribution in [0.1, 0.15) is 43.1 Å². The van der Waals surface area contributed by atoms with Gasteiger partial charge in [-0.25, -0.2) is 0 Å². The predicted octanol–water partition coefficient (Wildman–Crippen LogP) is 2.20. The van der Waals surface area contributed by atoms with Crippen LogP contribution in [0.3, 0.4) is 0 Å². The van der Waals surface area contributed by atoms with Crippen molar-refractivity contribution in [2.24, 2.45) is 5.41 Å². The van der Waals surface area contributed by atoms with Gasteiger partial charge in [0, 0.05) is 18.5 Å². The number of amides is 1. The topological polar surface area (TPSA) is 49.3 Å². The molecule has 0 atom stereocenters. The maximum absolute atomic E-state index is 12.1. The molecule has 0 saturated heterocycles. The van der Waals surface area contributed by atoms with Crippen LogP contribution in [0, 0.1) is 17.3 Å². The van der Waals surface area contributed by atoms with Crippen molar-refractivity contribution in [2.45, 2.75) is 27.2 Å². The third-order valence-electron chi connectivity index (χ3n) is 2.41. The van der Waals surface area contributed by atoms with Gasteiger partial charge in [-0.15, -0.1) is 0 Å². The zero-order valence-electron chi connectivity index (χ0n) is 11.8. The molecular weight excluding hydrogens is 238 g/mol. The van der Waals surface area contributed by atoms with E-state index in [4.69, 9.17) is 5.11 Å². The molecule has 0 heterocycles. The molecule has 0 unspecified atom stereocenters. The van der Waals surface area contributed by atoms with Gasteiger partial charge in [0.25, 0.3) is 5.91 Å². The Hall–Kier alpha value is -1.79. The zero-order chi connectivity index (χ0) is 14.3. The van der Waals surface area contributed by atoms with Crippen molar-refractivity contribution in [1.29, 1.82) is 0 Å². The fraction of sp³-hybridized carbons (Fsp3) is 0.438. The van der Waals surface area contributed by atoms with Crippen LogP contribution in [0.4, 0.5) is 0 Å². The summed E-state index contributed by atoms with van der Waals surface area (Å²) in [7, 11) is 0. The molecule has 0 spiro atoms. The van der Waals surface area contributed by atoms with Gasteiger partial charge in [-0.05, 0) is 17.5 Å². The monoisotopic (exact) mass is 259 g/mol. The first kappa shape index (κ1) is 15.3. The Kier molecular flexibility index (Phi) is 5.59. The first-order valence-corrected chi connectivity index (χ1v) is 6.41. The largest absolute Gasteiger partial charge is 0.395 e. The van der Waals surface area contributed by atoms with Gasteiger partial charge in [-0.1, -0.05) is 44.7 Å². The zero-order valence-corrected chi connectivity index (χ0v) is 11.8. The van der Waals surface area contributed by atoms with Crippen LogP contribution in [-0.2, 0) is 0 Å². The van der Waals surface area contributed by atoms with Gasteiger partial charge in [0.1, 0.15) is 0 Å². The van der Waals surface area contributed by atoms with Crippen molar-refractivity contribution in [3.8, 4) is 11.8 Å². The van der Waals surface area contributed by atoms with E-state index in [1.165, 1.54) is 0 Å². The van der Waals surface area contributed by atoms with Crippen LogP contribution >= 0.6 is 0 Å². The van der Waals surface area contributed by atoms with Gasteiger partial charge in [-0.2, -0.15) is 0 Å². The summed E-state index contributed by atoms with van der Waals surface area (Å²) in [5.74, 6) is 5.65. The summed E-state index contributed by atoms with van der Waals surface area (Å²) in [4.78, 5) is 12.1. The number of carbonyl (C=O) groups is 1. The second kappa shape index (κ2) is 6.96. The number of benzene rings is 1. The van der Waals surface area contributed by atoms with E-state index in [2.05, 4.69) is 37.9 Å². The van der Waals surface area contributed by atoms with Crippen molar-refractivity contribution in [2.75, 3.05) is 13.2 Å². The minimum absolute atomic E-state index is 0.0331. The molecule has 0 aliphatic rings. The van der Waals surface area contributed by atoms with E-state index in [0.717, 1.165) is 0 Å². The van der Waals surface area contributed by atoms with E-state index in [0.29, 0.717) is 24.1 Å². The Morgan fingerprint density at radius 3 is 2.63 bits per heavy atom. The van der Waals surface area contributed by atoms with E-state index >= 15 is 0 Å². The smallest absolute Gasteiger partial charge is 0.252 e. The van der Waals surface area contributed by atoms with Crippen LogP contribution in [0.2, 0.25) is 0 Å². The lowest BCUT2D eigenvalue weighted by atomic mass is 9.96. The fourth-order valence-corrected chi connectivity index (χ4v) is 1.44. The number of carbonyl (C=O) groups excluding carboxylic acids is 1.